The number of hydrogen-bond acceptors (Lipinski definition) is 3. The number of carbonyl (C=O) groups is 1. The van der Waals surface area contributed by atoms with Crippen molar-refractivity contribution < 1.29 is 18.7 Å². The summed E-state index contributed by atoms with van der Waals surface area (Å²) >= 11 is 0. The van der Waals surface area contributed by atoms with Crippen LogP contribution < -0.4 is 5.32 Å². The number of phenolic OH excluding ortho intramolecular Hbond substituents is 1. The molecule has 0 aliphatic heterocycles. The zero-order valence-electron chi connectivity index (χ0n) is 10.7. The fraction of sp³-hybridized carbons (Fsp3) is 0.143. The van der Waals surface area contributed by atoms with Gasteiger partial charge in [0.15, 0.2) is 0 Å². The second-order valence-electron chi connectivity index (χ2n) is 4.23. The molecule has 1 heterocycles. The van der Waals surface area contributed by atoms with Gasteiger partial charge < -0.3 is 10.4 Å². The molecule has 1 amide bonds. The second kappa shape index (κ2) is 5.64. The van der Waals surface area contributed by atoms with Gasteiger partial charge >= 0.3 is 0 Å². The first-order chi connectivity index (χ1) is 9.49. The number of amides is 1. The molecule has 0 unspecified atom stereocenters. The smallest absolute Gasteiger partial charge is 0.251 e. The van der Waals surface area contributed by atoms with Crippen LogP contribution in [-0.2, 0) is 6.54 Å². The number of rotatable bonds is 3. The highest BCUT2D eigenvalue weighted by atomic mass is 19.1. The topological polar surface area (TPSA) is 62.2 Å². The molecule has 0 spiro atoms. The SMILES string of the molecule is Cc1c(O)cccc1C(=O)NCc1cc(F)ncc1F. The first-order valence-electron chi connectivity index (χ1n) is 5.85. The largest absolute Gasteiger partial charge is 0.508 e. The average Bonchev–Trinajstić information content (AvgIpc) is 2.42. The van der Waals surface area contributed by atoms with Crippen LogP contribution in [0.2, 0.25) is 0 Å². The Bertz CT molecular complexity index is 660. The van der Waals surface area contributed by atoms with Crippen molar-refractivity contribution in [2.45, 2.75) is 13.5 Å². The minimum Gasteiger partial charge on any atom is -0.508 e. The fourth-order valence-electron chi connectivity index (χ4n) is 1.73. The molecular weight excluding hydrogens is 266 g/mol. The van der Waals surface area contributed by atoms with Crippen LogP contribution >= 0.6 is 0 Å². The molecule has 20 heavy (non-hydrogen) atoms. The lowest BCUT2D eigenvalue weighted by atomic mass is 10.1. The molecule has 1 aromatic heterocycles. The lowest BCUT2D eigenvalue weighted by Gasteiger charge is -2.09. The van der Waals surface area contributed by atoms with E-state index in [-0.39, 0.29) is 23.4 Å². The summed E-state index contributed by atoms with van der Waals surface area (Å²) in [5, 5.41) is 12.0. The summed E-state index contributed by atoms with van der Waals surface area (Å²) in [4.78, 5) is 15.1. The Kier molecular flexibility index (Phi) is 3.93. The Balaban J connectivity index is 2.13. The number of aromatic hydroxyl groups is 1. The molecule has 104 valence electrons. The third-order valence-electron chi connectivity index (χ3n) is 2.89. The van der Waals surface area contributed by atoms with Crippen LogP contribution in [0.5, 0.6) is 5.75 Å². The molecule has 0 bridgehead atoms. The van der Waals surface area contributed by atoms with Crippen LogP contribution in [0.3, 0.4) is 0 Å². The van der Waals surface area contributed by atoms with Crippen molar-refractivity contribution in [2.24, 2.45) is 0 Å². The van der Waals surface area contributed by atoms with Gasteiger partial charge in [0.2, 0.25) is 5.95 Å². The third-order valence-corrected chi connectivity index (χ3v) is 2.89. The molecule has 2 N–H and O–H groups in total. The van der Waals surface area contributed by atoms with E-state index in [0.717, 1.165) is 12.3 Å². The Hall–Kier alpha value is -2.50. The number of halogens is 2. The maximum atomic E-state index is 13.3. The van der Waals surface area contributed by atoms with Crippen molar-refractivity contribution in [1.82, 2.24) is 10.3 Å². The van der Waals surface area contributed by atoms with E-state index in [4.69, 9.17) is 0 Å². The zero-order valence-corrected chi connectivity index (χ0v) is 10.7. The summed E-state index contributed by atoms with van der Waals surface area (Å²) < 4.78 is 26.2. The van der Waals surface area contributed by atoms with Gasteiger partial charge in [-0.3, -0.25) is 4.79 Å². The van der Waals surface area contributed by atoms with Gasteiger partial charge in [0.05, 0.1) is 6.20 Å². The van der Waals surface area contributed by atoms with Crippen molar-refractivity contribution in [3.63, 3.8) is 0 Å². The van der Waals surface area contributed by atoms with E-state index in [9.17, 15) is 18.7 Å². The third kappa shape index (κ3) is 2.90. The maximum Gasteiger partial charge on any atom is 0.251 e. The molecule has 0 aliphatic rings. The number of carbonyl (C=O) groups excluding carboxylic acids is 1. The van der Waals surface area contributed by atoms with E-state index < -0.39 is 17.7 Å². The highest BCUT2D eigenvalue weighted by Gasteiger charge is 2.12. The summed E-state index contributed by atoms with van der Waals surface area (Å²) in [6, 6.07) is 5.45. The van der Waals surface area contributed by atoms with E-state index >= 15 is 0 Å². The molecule has 0 aliphatic carbocycles. The summed E-state index contributed by atoms with van der Waals surface area (Å²) in [5.74, 6) is -1.99. The van der Waals surface area contributed by atoms with E-state index in [1.165, 1.54) is 18.2 Å². The van der Waals surface area contributed by atoms with E-state index in [1.54, 1.807) is 6.92 Å². The lowest BCUT2D eigenvalue weighted by Crippen LogP contribution is -2.24. The minimum atomic E-state index is -0.816. The summed E-state index contributed by atoms with van der Waals surface area (Å²) in [7, 11) is 0. The number of phenols is 1. The van der Waals surface area contributed by atoms with Crippen LogP contribution in [0, 0.1) is 18.7 Å². The predicted molar refractivity (Wildman–Crippen MR) is 68.2 cm³/mol. The molecule has 2 rings (SSSR count). The fourth-order valence-corrected chi connectivity index (χ4v) is 1.73. The van der Waals surface area contributed by atoms with Crippen molar-refractivity contribution >= 4 is 5.91 Å². The van der Waals surface area contributed by atoms with Crippen molar-refractivity contribution in [1.29, 1.82) is 0 Å². The molecule has 6 heteroatoms. The highest BCUT2D eigenvalue weighted by molar-refractivity contribution is 5.96. The monoisotopic (exact) mass is 278 g/mol. The molecule has 0 radical (unpaired) electrons. The lowest BCUT2D eigenvalue weighted by molar-refractivity contribution is 0.0949. The van der Waals surface area contributed by atoms with Crippen molar-refractivity contribution in [2.75, 3.05) is 0 Å². The zero-order chi connectivity index (χ0) is 14.7. The Morgan fingerprint density at radius 3 is 2.90 bits per heavy atom. The van der Waals surface area contributed by atoms with E-state index in [0.29, 0.717) is 5.56 Å². The van der Waals surface area contributed by atoms with Crippen LogP contribution in [0.1, 0.15) is 21.5 Å². The number of pyridine rings is 1. The number of aromatic nitrogens is 1. The van der Waals surface area contributed by atoms with E-state index in [1.807, 2.05) is 0 Å². The minimum absolute atomic E-state index is 0.00112. The highest BCUT2D eigenvalue weighted by Crippen LogP contribution is 2.19. The number of hydrogen-bond donors (Lipinski definition) is 2. The van der Waals surface area contributed by atoms with E-state index in [2.05, 4.69) is 10.3 Å². The summed E-state index contributed by atoms with van der Waals surface area (Å²) in [6.45, 7) is 1.43. The normalized spacial score (nSPS) is 10.3. The predicted octanol–water partition coefficient (Wildman–Crippen LogP) is 2.30. The second-order valence-corrected chi connectivity index (χ2v) is 4.23. The molecule has 4 nitrogen and oxygen atoms in total. The molecule has 0 atom stereocenters. The van der Waals surface area contributed by atoms with Crippen LogP contribution in [0.25, 0.3) is 0 Å². The molecule has 1 aromatic carbocycles. The van der Waals surface area contributed by atoms with Crippen LogP contribution in [-0.4, -0.2) is 16.0 Å². The van der Waals surface area contributed by atoms with Gasteiger partial charge in [-0.2, -0.15) is 4.39 Å². The molecule has 0 fully saturated rings. The van der Waals surface area contributed by atoms with Crippen LogP contribution in [0.4, 0.5) is 8.78 Å². The Morgan fingerprint density at radius 1 is 1.40 bits per heavy atom. The number of nitrogens with one attached hydrogen (secondary N) is 1. The molecule has 2 aromatic rings. The summed E-state index contributed by atoms with van der Waals surface area (Å²) in [5.41, 5.74) is 0.704. The van der Waals surface area contributed by atoms with Gasteiger partial charge in [0, 0.05) is 29.3 Å². The van der Waals surface area contributed by atoms with Gasteiger partial charge in [-0.25, -0.2) is 9.37 Å². The summed E-state index contributed by atoms with van der Waals surface area (Å²) in [6.07, 6.45) is 0.760. The quantitative estimate of drug-likeness (QED) is 0.847. The van der Waals surface area contributed by atoms with Gasteiger partial charge in [0.25, 0.3) is 5.91 Å². The first kappa shape index (κ1) is 13.9. The molecular formula is C14H12F2N2O2. The van der Waals surface area contributed by atoms with Gasteiger partial charge in [-0.1, -0.05) is 6.07 Å². The molecule has 0 saturated carbocycles. The van der Waals surface area contributed by atoms with Crippen molar-refractivity contribution in [3.8, 4) is 5.75 Å². The van der Waals surface area contributed by atoms with Gasteiger partial charge in [-0.15, -0.1) is 0 Å². The van der Waals surface area contributed by atoms with Gasteiger partial charge in [-0.05, 0) is 19.1 Å². The van der Waals surface area contributed by atoms with Gasteiger partial charge in [0.1, 0.15) is 11.6 Å². The Morgan fingerprint density at radius 2 is 2.15 bits per heavy atom. The maximum absolute atomic E-state index is 13.3. The van der Waals surface area contributed by atoms with Crippen molar-refractivity contribution in [3.05, 3.63) is 58.9 Å². The average molecular weight is 278 g/mol. The number of nitrogens with zero attached hydrogens (tertiary/aromatic N) is 1. The standard InChI is InChI=1S/C14H12F2N2O2/c1-8-10(3-2-4-12(8)19)14(20)18-6-9-5-13(16)17-7-11(9)15/h2-5,7,19H,6H2,1H3,(H,18,20). The Labute approximate surface area is 114 Å². The first-order valence-corrected chi connectivity index (χ1v) is 5.85. The number of benzene rings is 1. The van der Waals surface area contributed by atoms with Crippen LogP contribution in [0.15, 0.2) is 30.5 Å². The molecule has 0 saturated heterocycles.